The smallest absolute Gasteiger partial charge is 0.419 e. The zero-order chi connectivity index (χ0) is 39.4. The van der Waals surface area contributed by atoms with Crippen LogP contribution in [-0.2, 0) is 35.3 Å². The molecule has 2 aliphatic heterocycles. The number of aromatic nitrogens is 2. The van der Waals surface area contributed by atoms with Crippen LogP contribution in [0, 0.1) is 11.3 Å². The van der Waals surface area contributed by atoms with Crippen LogP contribution in [0.4, 0.5) is 19.0 Å². The number of ether oxygens (including phenoxy) is 2. The van der Waals surface area contributed by atoms with Crippen molar-refractivity contribution in [3.05, 3.63) is 87.4 Å². The first-order valence-electron chi connectivity index (χ1n) is 18.7. The third-order valence-electron chi connectivity index (χ3n) is 11.7. The molecule has 1 saturated carbocycles. The molecule has 2 aromatic carbocycles. The van der Waals surface area contributed by atoms with Gasteiger partial charge in [0.2, 0.25) is 17.7 Å². The lowest BCUT2D eigenvalue weighted by atomic mass is 9.94. The maximum Gasteiger partial charge on any atom is 0.419 e. The standard InChI is InChI=1S/C41H42ClF3N6O5/c1-55-37-22(17-46-18-25-10-14-34(52)47-25)9-12-33(49-37)30-8-4-7-29(35(30)42)26-5-3-6-28-27(26)11-13-32(28)48-36-31(41(43,44)45)15-23(38(50-36)56-2)19-51-20-24-16-40(24,21-51)39(53)54/h3-9,12,15,24-25,32,46H,10-11,13-14,16-21H2,1-2H3,(H,47,52)(H,48,50)(H,53,54)/t24-,25-,32-,40-/m0/s1. The Labute approximate surface area is 327 Å². The zero-order valence-corrected chi connectivity index (χ0v) is 31.7. The third kappa shape index (κ3) is 7.14. The summed E-state index contributed by atoms with van der Waals surface area (Å²) >= 11 is 7.14. The molecule has 294 valence electrons. The van der Waals surface area contributed by atoms with Crippen molar-refractivity contribution in [1.29, 1.82) is 0 Å². The van der Waals surface area contributed by atoms with Crippen LogP contribution in [0.15, 0.2) is 54.6 Å². The van der Waals surface area contributed by atoms with E-state index in [2.05, 4.69) is 20.9 Å². The van der Waals surface area contributed by atoms with Crippen molar-refractivity contribution < 1.29 is 37.3 Å². The number of carbonyl (C=O) groups excluding carboxylic acids is 1. The minimum Gasteiger partial charge on any atom is -0.481 e. The lowest BCUT2D eigenvalue weighted by Gasteiger charge is -2.24. The molecule has 1 amide bonds. The van der Waals surface area contributed by atoms with E-state index in [4.69, 9.17) is 26.1 Å². The van der Waals surface area contributed by atoms with Gasteiger partial charge in [0.1, 0.15) is 5.82 Å². The Kier molecular flexibility index (Phi) is 10.1. The van der Waals surface area contributed by atoms with Crippen molar-refractivity contribution in [2.45, 2.75) is 63.5 Å². The largest absolute Gasteiger partial charge is 0.481 e. The zero-order valence-electron chi connectivity index (χ0n) is 30.9. The molecule has 4 aromatic rings. The molecular weight excluding hydrogens is 749 g/mol. The molecule has 0 unspecified atom stereocenters. The topological polar surface area (TPSA) is 138 Å². The van der Waals surface area contributed by atoms with E-state index in [1.807, 2.05) is 53.4 Å². The van der Waals surface area contributed by atoms with Crippen LogP contribution in [0.1, 0.15) is 59.5 Å². The number of carbonyl (C=O) groups is 2. The number of aliphatic carboxylic acids is 1. The molecule has 8 rings (SSSR count). The number of anilines is 1. The van der Waals surface area contributed by atoms with Crippen LogP contribution < -0.4 is 25.4 Å². The minimum absolute atomic E-state index is 0.00577. The average molecular weight is 791 g/mol. The highest BCUT2D eigenvalue weighted by Gasteiger charge is 2.65. The van der Waals surface area contributed by atoms with Crippen molar-refractivity contribution in [2.75, 3.05) is 39.2 Å². The van der Waals surface area contributed by atoms with Crippen molar-refractivity contribution in [3.63, 3.8) is 0 Å². The summed E-state index contributed by atoms with van der Waals surface area (Å²) in [5.41, 5.74) is 4.22. The number of hydrogen-bond acceptors (Lipinski definition) is 9. The van der Waals surface area contributed by atoms with Crippen molar-refractivity contribution in [1.82, 2.24) is 25.5 Å². The van der Waals surface area contributed by atoms with Gasteiger partial charge in [-0.3, -0.25) is 14.5 Å². The molecule has 11 nitrogen and oxygen atoms in total. The molecule has 56 heavy (non-hydrogen) atoms. The molecular formula is C41H42ClF3N6O5. The second-order valence-electron chi connectivity index (χ2n) is 15.2. The molecule has 0 spiro atoms. The third-order valence-corrected chi connectivity index (χ3v) is 12.1. The molecule has 3 fully saturated rings. The Morgan fingerprint density at radius 3 is 2.48 bits per heavy atom. The van der Waals surface area contributed by atoms with E-state index in [0.717, 1.165) is 40.3 Å². The summed E-state index contributed by atoms with van der Waals surface area (Å²) in [6, 6.07) is 16.0. The minimum atomic E-state index is -4.71. The van der Waals surface area contributed by atoms with Crippen molar-refractivity contribution >= 4 is 29.3 Å². The van der Waals surface area contributed by atoms with E-state index in [1.54, 1.807) is 7.11 Å². The molecule has 4 heterocycles. The number of nitrogens with zero attached hydrogens (tertiary/aromatic N) is 3. The number of methoxy groups -OCH3 is 2. The average Bonchev–Trinajstić information content (AvgIpc) is 3.44. The van der Waals surface area contributed by atoms with Crippen LogP contribution in [0.2, 0.25) is 5.02 Å². The van der Waals surface area contributed by atoms with Crippen molar-refractivity contribution in [3.8, 4) is 34.1 Å². The number of piperidine rings is 1. The van der Waals surface area contributed by atoms with Gasteiger partial charge >= 0.3 is 12.1 Å². The molecule has 4 aliphatic rings. The van der Waals surface area contributed by atoms with Gasteiger partial charge in [-0.05, 0) is 60.4 Å². The number of nitrogens with one attached hydrogen (secondary N) is 3. The Morgan fingerprint density at radius 2 is 1.77 bits per heavy atom. The fraction of sp³-hybridized carbons (Fsp3) is 0.415. The predicted molar refractivity (Wildman–Crippen MR) is 203 cm³/mol. The lowest BCUT2D eigenvalue weighted by molar-refractivity contribution is -0.143. The maximum atomic E-state index is 14.6. The van der Waals surface area contributed by atoms with Crippen LogP contribution >= 0.6 is 11.6 Å². The molecule has 4 N–H and O–H groups in total. The lowest BCUT2D eigenvalue weighted by Crippen LogP contribution is -2.35. The van der Waals surface area contributed by atoms with Gasteiger partial charge in [-0.2, -0.15) is 18.2 Å². The number of hydrogen-bond donors (Lipinski definition) is 4. The van der Waals surface area contributed by atoms with E-state index >= 15 is 0 Å². The van der Waals surface area contributed by atoms with Gasteiger partial charge in [0.05, 0.1) is 42.0 Å². The number of pyridine rings is 2. The summed E-state index contributed by atoms with van der Waals surface area (Å²) in [5.74, 6) is -0.586. The SMILES string of the molecule is COc1nc(-c2cccc(-c3cccc4c3CC[C@@H]4Nc3nc(OC)c(CN4C[C@@H]5C[C@]5(C(=O)O)C4)cc3C(F)(F)F)c2Cl)ccc1CNC[C@@H]1CCC(=O)N1. The molecule has 15 heteroatoms. The number of rotatable bonds is 13. The summed E-state index contributed by atoms with van der Waals surface area (Å²) in [5, 5.41) is 19.6. The van der Waals surface area contributed by atoms with Gasteiger partial charge in [0, 0.05) is 67.4 Å². The van der Waals surface area contributed by atoms with Crippen LogP contribution in [0.5, 0.6) is 11.8 Å². The van der Waals surface area contributed by atoms with E-state index in [1.165, 1.54) is 7.11 Å². The molecule has 0 radical (unpaired) electrons. The number of fused-ring (bicyclic) bond motifs is 2. The van der Waals surface area contributed by atoms with Gasteiger partial charge in [-0.15, -0.1) is 0 Å². The van der Waals surface area contributed by atoms with E-state index in [9.17, 15) is 27.9 Å². The van der Waals surface area contributed by atoms with E-state index < -0.39 is 29.2 Å². The summed E-state index contributed by atoms with van der Waals surface area (Å²) in [6.07, 6.45) is -1.64. The summed E-state index contributed by atoms with van der Waals surface area (Å²) in [7, 11) is 2.93. The summed E-state index contributed by atoms with van der Waals surface area (Å²) in [4.78, 5) is 34.4. The van der Waals surface area contributed by atoms with E-state index in [-0.39, 0.29) is 48.2 Å². The number of likely N-dealkylation sites (tertiary alicyclic amines) is 1. The second kappa shape index (κ2) is 14.9. The summed E-state index contributed by atoms with van der Waals surface area (Å²) < 4.78 is 55.0. The van der Waals surface area contributed by atoms with E-state index in [0.29, 0.717) is 67.5 Å². The van der Waals surface area contributed by atoms with Crippen LogP contribution in [-0.4, -0.2) is 71.7 Å². The number of alkyl halides is 3. The molecule has 2 saturated heterocycles. The quantitative estimate of drug-likeness (QED) is 0.114. The monoisotopic (exact) mass is 790 g/mol. The van der Waals surface area contributed by atoms with Gasteiger partial charge in [-0.25, -0.2) is 4.98 Å². The van der Waals surface area contributed by atoms with Crippen LogP contribution in [0.25, 0.3) is 22.4 Å². The normalized spacial score (nSPS) is 22.8. The number of halogens is 4. The Morgan fingerprint density at radius 1 is 1.02 bits per heavy atom. The van der Waals surface area contributed by atoms with Gasteiger partial charge in [-0.1, -0.05) is 54.1 Å². The number of carboxylic acids is 1. The van der Waals surface area contributed by atoms with Crippen molar-refractivity contribution in [2.24, 2.45) is 11.3 Å². The Hall–Kier alpha value is -4.92. The highest BCUT2D eigenvalue weighted by molar-refractivity contribution is 6.36. The number of carboxylic acid groups (broad SMARTS) is 1. The number of amides is 1. The maximum absolute atomic E-state index is 14.6. The van der Waals surface area contributed by atoms with Gasteiger partial charge in [0.25, 0.3) is 0 Å². The molecule has 2 aliphatic carbocycles. The Bertz CT molecular complexity index is 2200. The highest BCUT2D eigenvalue weighted by Crippen LogP contribution is 2.58. The fourth-order valence-electron chi connectivity index (χ4n) is 8.74. The van der Waals surface area contributed by atoms with Gasteiger partial charge < -0.3 is 30.5 Å². The first-order chi connectivity index (χ1) is 26.9. The second-order valence-corrected chi connectivity index (χ2v) is 15.5. The fourth-order valence-corrected chi connectivity index (χ4v) is 9.06. The van der Waals surface area contributed by atoms with Crippen LogP contribution in [0.3, 0.4) is 0 Å². The molecule has 2 aromatic heterocycles. The predicted octanol–water partition coefficient (Wildman–Crippen LogP) is 6.87. The highest BCUT2D eigenvalue weighted by atomic mass is 35.5. The van der Waals surface area contributed by atoms with Gasteiger partial charge in [0.15, 0.2) is 0 Å². The number of benzene rings is 2. The molecule has 4 atom stereocenters. The molecule has 0 bridgehead atoms. The Balaban J connectivity index is 1.03. The first kappa shape index (κ1) is 38.0. The summed E-state index contributed by atoms with van der Waals surface area (Å²) in [6.45, 7) is 2.04. The first-order valence-corrected chi connectivity index (χ1v) is 19.1.